The van der Waals surface area contributed by atoms with Gasteiger partial charge in [0.05, 0.1) is 29.0 Å². The highest BCUT2D eigenvalue weighted by atomic mass is 35.5. The number of fused-ring (bicyclic) bond motifs is 1. The molecule has 10 heteroatoms. The summed E-state index contributed by atoms with van der Waals surface area (Å²) in [5.41, 5.74) is 9.28. The third kappa shape index (κ3) is 4.76. The van der Waals surface area contributed by atoms with E-state index >= 15 is 0 Å². The van der Waals surface area contributed by atoms with Gasteiger partial charge in [0.1, 0.15) is 5.75 Å². The Hall–Kier alpha value is -3.56. The summed E-state index contributed by atoms with van der Waals surface area (Å²) in [7, 11) is 6.88. The average Bonchev–Trinajstić information content (AvgIpc) is 2.90. The normalized spacial score (nSPS) is 14.5. The molecular formula is C26H30ClN5O4. The van der Waals surface area contributed by atoms with Crippen LogP contribution in [0, 0.1) is 0 Å². The van der Waals surface area contributed by atoms with Crippen LogP contribution in [0.2, 0.25) is 5.02 Å². The number of amides is 1. The number of piperidine rings is 1. The molecule has 0 aliphatic carbocycles. The first-order chi connectivity index (χ1) is 17.3. The Labute approximate surface area is 214 Å². The molecule has 1 aromatic heterocycles. The Balaban J connectivity index is 1.89. The monoisotopic (exact) mass is 511 g/mol. The summed E-state index contributed by atoms with van der Waals surface area (Å²) >= 11 is 6.41. The number of nitrogens with zero attached hydrogens (tertiary/aromatic N) is 2. The summed E-state index contributed by atoms with van der Waals surface area (Å²) < 4.78 is 11.6. The van der Waals surface area contributed by atoms with Gasteiger partial charge >= 0.3 is 0 Å². The van der Waals surface area contributed by atoms with Crippen LogP contribution in [0.3, 0.4) is 0 Å². The lowest BCUT2D eigenvalue weighted by Crippen LogP contribution is -2.30. The van der Waals surface area contributed by atoms with Gasteiger partial charge in [-0.25, -0.2) is 4.98 Å². The molecule has 2 aromatic carbocycles. The summed E-state index contributed by atoms with van der Waals surface area (Å²) in [6.45, 7) is 1.91. The van der Waals surface area contributed by atoms with Gasteiger partial charge in [-0.3, -0.25) is 9.59 Å². The van der Waals surface area contributed by atoms with Crippen molar-refractivity contribution < 1.29 is 19.1 Å². The number of nitrogens with two attached hydrogens (primary N) is 1. The number of nitrogens with one attached hydrogen (secondary N) is 2. The van der Waals surface area contributed by atoms with Gasteiger partial charge in [-0.05, 0) is 62.7 Å². The number of anilines is 2. The van der Waals surface area contributed by atoms with Crippen LogP contribution in [0.5, 0.6) is 17.4 Å². The first kappa shape index (κ1) is 25.5. The van der Waals surface area contributed by atoms with E-state index < -0.39 is 0 Å². The van der Waals surface area contributed by atoms with Crippen molar-refractivity contribution in [1.29, 1.82) is 0 Å². The van der Waals surface area contributed by atoms with E-state index in [-0.39, 0.29) is 28.3 Å². The Morgan fingerprint density at radius 1 is 1.19 bits per heavy atom. The van der Waals surface area contributed by atoms with E-state index in [9.17, 15) is 9.59 Å². The zero-order valence-corrected chi connectivity index (χ0v) is 21.5. The second kappa shape index (κ2) is 10.6. The Kier molecular flexibility index (Phi) is 7.51. The summed E-state index contributed by atoms with van der Waals surface area (Å²) in [5.74, 6) is 0.961. The van der Waals surface area contributed by atoms with Crippen molar-refractivity contribution in [2.24, 2.45) is 0 Å². The second-order valence-electron chi connectivity index (χ2n) is 8.81. The van der Waals surface area contributed by atoms with Crippen LogP contribution in [0.1, 0.15) is 45.0 Å². The maximum Gasteiger partial charge on any atom is 0.251 e. The smallest absolute Gasteiger partial charge is 0.251 e. The van der Waals surface area contributed by atoms with Crippen LogP contribution in [0.4, 0.5) is 11.4 Å². The second-order valence-corrected chi connectivity index (χ2v) is 9.19. The number of halogens is 1. The number of carbonyl (C=O) groups is 2. The summed E-state index contributed by atoms with van der Waals surface area (Å²) in [4.78, 5) is 31.5. The van der Waals surface area contributed by atoms with Gasteiger partial charge in [0.15, 0.2) is 12.0 Å². The number of ether oxygens (including phenoxy) is 2. The van der Waals surface area contributed by atoms with E-state index in [4.69, 9.17) is 26.8 Å². The molecule has 9 nitrogen and oxygen atoms in total. The minimum atomic E-state index is -0.184. The summed E-state index contributed by atoms with van der Waals surface area (Å²) in [5, 5.41) is 6.42. The fraction of sp³-hybridized carbons (Fsp3) is 0.346. The van der Waals surface area contributed by atoms with Crippen molar-refractivity contribution in [2.45, 2.75) is 18.8 Å². The van der Waals surface area contributed by atoms with Gasteiger partial charge in [-0.15, -0.1) is 0 Å². The molecule has 1 amide bonds. The highest BCUT2D eigenvalue weighted by Crippen LogP contribution is 2.43. The predicted octanol–water partition coefficient (Wildman–Crippen LogP) is 4.29. The molecule has 4 rings (SSSR count). The van der Waals surface area contributed by atoms with Gasteiger partial charge in [0, 0.05) is 36.7 Å². The minimum Gasteiger partial charge on any atom is -0.481 e. The van der Waals surface area contributed by atoms with Crippen molar-refractivity contribution in [3.05, 3.63) is 46.0 Å². The molecule has 1 saturated heterocycles. The number of aldehydes is 1. The van der Waals surface area contributed by atoms with E-state index in [1.807, 2.05) is 6.07 Å². The number of rotatable bonds is 7. The lowest BCUT2D eigenvalue weighted by atomic mass is 9.85. The summed E-state index contributed by atoms with van der Waals surface area (Å²) in [6.07, 6.45) is 2.56. The average molecular weight is 512 g/mol. The van der Waals surface area contributed by atoms with E-state index in [2.05, 4.69) is 27.6 Å². The molecule has 3 aromatic rings. The van der Waals surface area contributed by atoms with Crippen LogP contribution in [-0.2, 0) is 0 Å². The molecule has 36 heavy (non-hydrogen) atoms. The van der Waals surface area contributed by atoms with Gasteiger partial charge in [-0.1, -0.05) is 11.6 Å². The van der Waals surface area contributed by atoms with Crippen LogP contribution < -0.4 is 25.8 Å². The number of nitrogen functional groups attached to an aromatic ring is 1. The van der Waals surface area contributed by atoms with E-state index in [0.717, 1.165) is 31.5 Å². The third-order valence-corrected chi connectivity index (χ3v) is 7.04. The predicted molar refractivity (Wildman–Crippen MR) is 142 cm³/mol. The minimum absolute atomic E-state index is 0.171. The molecule has 190 valence electrons. The van der Waals surface area contributed by atoms with Crippen LogP contribution in [-0.4, -0.2) is 63.4 Å². The van der Waals surface area contributed by atoms with Gasteiger partial charge in [0.2, 0.25) is 5.88 Å². The van der Waals surface area contributed by atoms with Crippen LogP contribution >= 0.6 is 11.6 Å². The lowest BCUT2D eigenvalue weighted by molar-refractivity contribution is 0.0961. The molecule has 0 radical (unpaired) electrons. The first-order valence-corrected chi connectivity index (χ1v) is 12.0. The van der Waals surface area contributed by atoms with E-state index in [0.29, 0.717) is 45.6 Å². The fourth-order valence-electron chi connectivity index (χ4n) is 4.62. The molecule has 0 saturated carbocycles. The van der Waals surface area contributed by atoms with Crippen molar-refractivity contribution in [3.63, 3.8) is 0 Å². The number of hydrogen-bond donors (Lipinski definition) is 3. The zero-order valence-electron chi connectivity index (χ0n) is 20.8. The van der Waals surface area contributed by atoms with Crippen LogP contribution in [0.15, 0.2) is 24.3 Å². The van der Waals surface area contributed by atoms with Crippen molar-refractivity contribution in [1.82, 2.24) is 15.2 Å². The molecule has 0 atom stereocenters. The quantitative estimate of drug-likeness (QED) is 0.317. The van der Waals surface area contributed by atoms with Crippen molar-refractivity contribution in [3.8, 4) is 17.4 Å². The number of pyridine rings is 1. The molecule has 1 aliphatic heterocycles. The molecular weight excluding hydrogens is 482 g/mol. The van der Waals surface area contributed by atoms with Gasteiger partial charge < -0.3 is 30.7 Å². The highest BCUT2D eigenvalue weighted by molar-refractivity contribution is 6.36. The fourth-order valence-corrected chi connectivity index (χ4v) is 4.92. The largest absolute Gasteiger partial charge is 0.481 e. The SMILES string of the molecule is CNC(=O)c1cc2c(Oc3cc(C=O)c(NC)c(Cl)c3N)cc(OC)nc2cc1C1CCN(C)CC1. The zero-order chi connectivity index (χ0) is 26.0. The number of carbonyl (C=O) groups excluding carboxylic acids is 2. The van der Waals surface area contributed by atoms with Crippen LogP contribution in [0.25, 0.3) is 10.9 Å². The highest BCUT2D eigenvalue weighted by Gasteiger charge is 2.25. The molecule has 0 spiro atoms. The number of hydrogen-bond acceptors (Lipinski definition) is 8. The number of methoxy groups -OCH3 is 1. The van der Waals surface area contributed by atoms with Gasteiger partial charge in [0.25, 0.3) is 5.91 Å². The number of benzene rings is 2. The number of likely N-dealkylation sites (tertiary alicyclic amines) is 1. The van der Waals surface area contributed by atoms with E-state index in [1.54, 1.807) is 26.2 Å². The lowest BCUT2D eigenvalue weighted by Gasteiger charge is -2.30. The van der Waals surface area contributed by atoms with Crippen molar-refractivity contribution >= 4 is 46.1 Å². The Morgan fingerprint density at radius 2 is 1.92 bits per heavy atom. The standard InChI is InChI=1S/C26H30ClN5O4/c1-29-25-15(13-33)9-21(24(28)23(25)27)36-20-12-22(35-4)31-19-11-16(14-5-7-32(3)8-6-14)17(10-18(19)20)26(34)30-2/h9-14,29H,5-8,28H2,1-4H3,(H,30,34). The third-order valence-electron chi connectivity index (χ3n) is 6.65. The van der Waals surface area contributed by atoms with Gasteiger partial charge in [-0.2, -0.15) is 0 Å². The Bertz CT molecular complexity index is 1320. The topological polar surface area (TPSA) is 119 Å². The first-order valence-electron chi connectivity index (χ1n) is 11.7. The molecule has 2 heterocycles. The molecule has 0 unspecified atom stereocenters. The molecule has 4 N–H and O–H groups in total. The Morgan fingerprint density at radius 3 is 2.53 bits per heavy atom. The molecule has 1 fully saturated rings. The summed E-state index contributed by atoms with van der Waals surface area (Å²) in [6, 6.07) is 6.88. The molecule has 1 aliphatic rings. The maximum absolute atomic E-state index is 12.9. The maximum atomic E-state index is 12.9. The van der Waals surface area contributed by atoms with E-state index in [1.165, 1.54) is 13.2 Å². The number of aromatic nitrogens is 1. The molecule has 0 bridgehead atoms. The van der Waals surface area contributed by atoms with Crippen molar-refractivity contribution in [2.75, 3.05) is 52.4 Å².